The van der Waals surface area contributed by atoms with E-state index in [9.17, 15) is 4.79 Å². The topological polar surface area (TPSA) is 58.4 Å². The zero-order chi connectivity index (χ0) is 15.2. The second-order valence-electron chi connectivity index (χ2n) is 6.29. The first-order valence-corrected chi connectivity index (χ1v) is 7.94. The minimum absolute atomic E-state index is 0.0813. The highest BCUT2D eigenvalue weighted by molar-refractivity contribution is 5.90. The molecule has 0 saturated carbocycles. The summed E-state index contributed by atoms with van der Waals surface area (Å²) in [6.07, 6.45) is 4.04. The van der Waals surface area contributed by atoms with E-state index in [1.165, 1.54) is 19.4 Å². The maximum Gasteiger partial charge on any atom is 0.224 e. The summed E-state index contributed by atoms with van der Waals surface area (Å²) >= 11 is 0. The molecule has 0 aromatic heterocycles. The lowest BCUT2D eigenvalue weighted by atomic mass is 9.93. The summed E-state index contributed by atoms with van der Waals surface area (Å²) < 4.78 is 0. The van der Waals surface area contributed by atoms with Gasteiger partial charge in [-0.15, -0.1) is 0 Å². The first kappa shape index (κ1) is 15.8. The van der Waals surface area contributed by atoms with Crippen LogP contribution < -0.4 is 11.1 Å². The Morgan fingerprint density at radius 1 is 1.33 bits per heavy atom. The molecule has 1 aromatic rings. The highest BCUT2D eigenvalue weighted by Gasteiger charge is 2.22. The molecule has 1 amide bonds. The normalized spacial score (nSPS) is 23.0. The Kier molecular flexibility index (Phi) is 5.62. The molecule has 2 unspecified atom stereocenters. The number of rotatable bonds is 5. The van der Waals surface area contributed by atoms with Gasteiger partial charge in [-0.2, -0.15) is 0 Å². The highest BCUT2D eigenvalue weighted by atomic mass is 16.1. The average molecular weight is 289 g/mol. The van der Waals surface area contributed by atoms with Crippen LogP contribution in [-0.2, 0) is 4.79 Å². The summed E-state index contributed by atoms with van der Waals surface area (Å²) in [6, 6.07) is 7.91. The van der Waals surface area contributed by atoms with Crippen molar-refractivity contribution in [1.82, 2.24) is 4.90 Å². The van der Waals surface area contributed by atoms with E-state index in [0.29, 0.717) is 18.2 Å². The quantitative estimate of drug-likeness (QED) is 0.819. The van der Waals surface area contributed by atoms with Crippen LogP contribution in [0.15, 0.2) is 24.3 Å². The van der Waals surface area contributed by atoms with Crippen molar-refractivity contribution in [2.45, 2.75) is 45.6 Å². The van der Waals surface area contributed by atoms with Crippen LogP contribution in [0, 0.1) is 5.92 Å². The highest BCUT2D eigenvalue weighted by Crippen LogP contribution is 2.22. The number of nitrogens with one attached hydrogen (secondary N) is 1. The number of piperidine rings is 1. The Bertz CT molecular complexity index is 458. The van der Waals surface area contributed by atoms with E-state index in [-0.39, 0.29) is 5.91 Å². The number of benzene rings is 1. The molecule has 0 radical (unpaired) electrons. The Hall–Kier alpha value is -1.55. The fourth-order valence-electron chi connectivity index (χ4n) is 3.02. The molecule has 4 heteroatoms. The summed E-state index contributed by atoms with van der Waals surface area (Å²) in [5.41, 5.74) is 7.15. The maximum atomic E-state index is 11.9. The first-order valence-electron chi connectivity index (χ1n) is 7.94. The summed E-state index contributed by atoms with van der Waals surface area (Å²) in [5.74, 6) is 0.919. The molecule has 0 spiro atoms. The van der Waals surface area contributed by atoms with E-state index in [0.717, 1.165) is 24.6 Å². The molecular weight excluding hydrogens is 262 g/mol. The third kappa shape index (κ3) is 5.05. The van der Waals surface area contributed by atoms with Crippen LogP contribution in [0.4, 0.5) is 11.4 Å². The van der Waals surface area contributed by atoms with Crippen molar-refractivity contribution < 1.29 is 4.79 Å². The zero-order valence-electron chi connectivity index (χ0n) is 13.1. The molecule has 2 atom stereocenters. The Morgan fingerprint density at radius 3 is 2.71 bits per heavy atom. The second kappa shape index (κ2) is 7.46. The third-order valence-electron chi connectivity index (χ3n) is 4.32. The van der Waals surface area contributed by atoms with Crippen LogP contribution in [0.2, 0.25) is 0 Å². The Labute approximate surface area is 127 Å². The lowest BCUT2D eigenvalue weighted by Gasteiger charge is -2.36. The third-order valence-corrected chi connectivity index (χ3v) is 4.32. The number of nitrogens with zero attached hydrogens (tertiary/aromatic N) is 1. The fourth-order valence-corrected chi connectivity index (χ4v) is 3.02. The number of nitrogen functional groups attached to an aromatic ring is 1. The van der Waals surface area contributed by atoms with Crippen LogP contribution in [0.5, 0.6) is 0 Å². The summed E-state index contributed by atoms with van der Waals surface area (Å²) in [7, 11) is 0. The first-order chi connectivity index (χ1) is 10.0. The smallest absolute Gasteiger partial charge is 0.224 e. The molecule has 1 heterocycles. The van der Waals surface area contributed by atoms with E-state index in [2.05, 4.69) is 24.1 Å². The van der Waals surface area contributed by atoms with Crippen molar-refractivity contribution in [3.8, 4) is 0 Å². The standard InChI is InChI=1S/C17H27N3O/c1-13-9-11-20(14(2)12-13)10-3-4-17(21)19-16-7-5-15(18)6-8-16/h5-8,13-14H,3-4,9-12,18H2,1-2H3,(H,19,21). The lowest BCUT2D eigenvalue weighted by molar-refractivity contribution is -0.116. The largest absolute Gasteiger partial charge is 0.399 e. The molecule has 1 fully saturated rings. The van der Waals surface area contributed by atoms with Gasteiger partial charge in [-0.1, -0.05) is 6.92 Å². The lowest BCUT2D eigenvalue weighted by Crippen LogP contribution is -2.40. The number of hydrogen-bond acceptors (Lipinski definition) is 3. The van der Waals surface area contributed by atoms with Gasteiger partial charge in [0, 0.05) is 23.8 Å². The molecule has 1 saturated heterocycles. The summed E-state index contributed by atoms with van der Waals surface area (Å²) in [5, 5.41) is 2.91. The van der Waals surface area contributed by atoms with Crippen LogP contribution in [-0.4, -0.2) is 29.9 Å². The van der Waals surface area contributed by atoms with E-state index in [1.807, 2.05) is 12.1 Å². The summed E-state index contributed by atoms with van der Waals surface area (Å²) in [6.45, 7) is 6.81. The second-order valence-corrected chi connectivity index (χ2v) is 6.29. The van der Waals surface area contributed by atoms with Gasteiger partial charge in [0.2, 0.25) is 5.91 Å². The van der Waals surface area contributed by atoms with E-state index < -0.39 is 0 Å². The predicted octanol–water partition coefficient (Wildman–Crippen LogP) is 3.11. The number of nitrogens with two attached hydrogens (primary N) is 1. The van der Waals surface area contributed by atoms with Gasteiger partial charge in [-0.05, 0) is 69.5 Å². The minimum Gasteiger partial charge on any atom is -0.399 e. The van der Waals surface area contributed by atoms with Crippen molar-refractivity contribution in [2.75, 3.05) is 24.1 Å². The summed E-state index contributed by atoms with van der Waals surface area (Å²) in [4.78, 5) is 14.4. The van der Waals surface area contributed by atoms with Gasteiger partial charge in [0.05, 0.1) is 0 Å². The van der Waals surface area contributed by atoms with E-state index in [4.69, 9.17) is 5.73 Å². The number of carbonyl (C=O) groups is 1. The fraction of sp³-hybridized carbons (Fsp3) is 0.588. The maximum absolute atomic E-state index is 11.9. The number of amides is 1. The van der Waals surface area contributed by atoms with Crippen LogP contribution >= 0.6 is 0 Å². The van der Waals surface area contributed by atoms with Crippen molar-refractivity contribution in [1.29, 1.82) is 0 Å². The molecule has 0 bridgehead atoms. The van der Waals surface area contributed by atoms with Gasteiger partial charge in [-0.25, -0.2) is 0 Å². The van der Waals surface area contributed by atoms with Crippen LogP contribution in [0.1, 0.15) is 39.5 Å². The average Bonchev–Trinajstić information content (AvgIpc) is 2.44. The van der Waals surface area contributed by atoms with Crippen molar-refractivity contribution >= 4 is 17.3 Å². The molecule has 1 aliphatic heterocycles. The van der Waals surface area contributed by atoms with Gasteiger partial charge >= 0.3 is 0 Å². The number of anilines is 2. The van der Waals surface area contributed by atoms with Gasteiger partial charge in [0.25, 0.3) is 0 Å². The molecule has 1 aliphatic rings. The Balaban J connectivity index is 1.68. The Morgan fingerprint density at radius 2 is 2.05 bits per heavy atom. The number of carbonyl (C=O) groups excluding carboxylic acids is 1. The molecule has 2 rings (SSSR count). The van der Waals surface area contributed by atoms with Gasteiger partial charge < -0.3 is 16.0 Å². The van der Waals surface area contributed by atoms with Crippen LogP contribution in [0.25, 0.3) is 0 Å². The van der Waals surface area contributed by atoms with Gasteiger partial charge in [0.1, 0.15) is 0 Å². The van der Waals surface area contributed by atoms with Crippen molar-refractivity contribution in [2.24, 2.45) is 5.92 Å². The van der Waals surface area contributed by atoms with E-state index in [1.54, 1.807) is 12.1 Å². The zero-order valence-corrected chi connectivity index (χ0v) is 13.1. The molecule has 1 aromatic carbocycles. The van der Waals surface area contributed by atoms with Crippen molar-refractivity contribution in [3.63, 3.8) is 0 Å². The van der Waals surface area contributed by atoms with E-state index >= 15 is 0 Å². The number of likely N-dealkylation sites (tertiary alicyclic amines) is 1. The molecule has 3 N–H and O–H groups in total. The molecule has 0 aliphatic carbocycles. The number of hydrogen-bond donors (Lipinski definition) is 2. The monoisotopic (exact) mass is 289 g/mol. The van der Waals surface area contributed by atoms with Gasteiger partial charge in [-0.3, -0.25) is 4.79 Å². The minimum atomic E-state index is 0.0813. The van der Waals surface area contributed by atoms with Crippen LogP contribution in [0.3, 0.4) is 0 Å². The molecule has 116 valence electrons. The molecule has 21 heavy (non-hydrogen) atoms. The molecular formula is C17H27N3O. The SMILES string of the molecule is CC1CCN(CCCC(=O)Nc2ccc(N)cc2)C(C)C1. The predicted molar refractivity (Wildman–Crippen MR) is 88.2 cm³/mol. The van der Waals surface area contributed by atoms with Crippen molar-refractivity contribution in [3.05, 3.63) is 24.3 Å². The van der Waals surface area contributed by atoms with Gasteiger partial charge in [0.15, 0.2) is 0 Å². The molecule has 4 nitrogen and oxygen atoms in total.